The average molecular weight is 435 g/mol. The van der Waals surface area contributed by atoms with Gasteiger partial charge in [-0.25, -0.2) is 14.6 Å². The highest BCUT2D eigenvalue weighted by molar-refractivity contribution is 6.30. The molecule has 0 spiro atoms. The summed E-state index contributed by atoms with van der Waals surface area (Å²) in [5, 5.41) is 3.23. The molecule has 1 aromatic heterocycles. The van der Waals surface area contributed by atoms with Crippen molar-refractivity contribution >= 4 is 29.6 Å². The number of urea groups is 1. The van der Waals surface area contributed by atoms with Gasteiger partial charge in [0.25, 0.3) is 0 Å². The van der Waals surface area contributed by atoms with Gasteiger partial charge in [0, 0.05) is 30.1 Å². The first-order chi connectivity index (χ1) is 14.4. The van der Waals surface area contributed by atoms with Gasteiger partial charge in [-0.15, -0.1) is 0 Å². The van der Waals surface area contributed by atoms with Crippen LogP contribution in [0.1, 0.15) is 35.8 Å². The number of esters is 2. The molecule has 2 atom stereocenters. The Morgan fingerprint density at radius 1 is 1.33 bits per heavy atom. The topological polar surface area (TPSA) is 114 Å². The molecule has 0 fully saturated rings. The molecule has 9 nitrogen and oxygen atoms in total. The van der Waals surface area contributed by atoms with E-state index < -0.39 is 30.1 Å². The second-order valence-corrected chi connectivity index (χ2v) is 7.24. The predicted octanol–water partition coefficient (Wildman–Crippen LogP) is 2.21. The lowest BCUT2D eigenvalue weighted by molar-refractivity contribution is -0.144. The van der Waals surface area contributed by atoms with Crippen molar-refractivity contribution in [2.75, 3.05) is 20.8 Å². The lowest BCUT2D eigenvalue weighted by Crippen LogP contribution is -2.51. The highest BCUT2D eigenvalue weighted by Crippen LogP contribution is 2.34. The number of hydrogen-bond acceptors (Lipinski definition) is 6. The molecule has 1 aliphatic heterocycles. The molecule has 1 unspecified atom stereocenters. The quantitative estimate of drug-likeness (QED) is 0.674. The van der Waals surface area contributed by atoms with Crippen molar-refractivity contribution in [1.29, 1.82) is 0 Å². The summed E-state index contributed by atoms with van der Waals surface area (Å²) in [7, 11) is 2.49. The fraction of sp³-hybridized carbons (Fsp3) is 0.400. The normalized spacial score (nSPS) is 16.4. The van der Waals surface area contributed by atoms with Gasteiger partial charge in [0.15, 0.2) is 0 Å². The van der Waals surface area contributed by atoms with E-state index in [1.807, 2.05) is 12.1 Å². The maximum Gasteiger partial charge on any atom is 0.328 e. The zero-order valence-corrected chi connectivity index (χ0v) is 17.4. The maximum atomic E-state index is 13.2. The van der Waals surface area contributed by atoms with E-state index in [4.69, 9.17) is 16.3 Å². The number of fused-ring (bicyclic) bond motifs is 1. The summed E-state index contributed by atoms with van der Waals surface area (Å²) in [6.07, 6.45) is 2.22. The molecule has 2 heterocycles. The molecule has 1 aromatic carbocycles. The first-order valence-electron chi connectivity index (χ1n) is 9.44. The number of carbonyl (C=O) groups excluding carboxylic acids is 3. The van der Waals surface area contributed by atoms with Crippen LogP contribution in [0.15, 0.2) is 30.6 Å². The van der Waals surface area contributed by atoms with Crippen molar-refractivity contribution in [2.24, 2.45) is 0 Å². The van der Waals surface area contributed by atoms with Crippen molar-refractivity contribution in [3.63, 3.8) is 0 Å². The fourth-order valence-electron chi connectivity index (χ4n) is 3.50. The number of halogens is 1. The summed E-state index contributed by atoms with van der Waals surface area (Å²) < 4.78 is 9.39. The number of H-pyrrole nitrogens is 1. The molecular formula is C20H23ClN4O5. The second kappa shape index (κ2) is 9.62. The van der Waals surface area contributed by atoms with Gasteiger partial charge in [-0.2, -0.15) is 0 Å². The largest absolute Gasteiger partial charge is 0.469 e. The fourth-order valence-corrected chi connectivity index (χ4v) is 3.70. The minimum absolute atomic E-state index is 0.0300. The van der Waals surface area contributed by atoms with Gasteiger partial charge >= 0.3 is 18.0 Å². The lowest BCUT2D eigenvalue weighted by atomic mass is 9.96. The number of aromatic nitrogens is 2. The van der Waals surface area contributed by atoms with Gasteiger partial charge < -0.3 is 24.7 Å². The summed E-state index contributed by atoms with van der Waals surface area (Å²) >= 11 is 6.17. The number of carbonyl (C=O) groups is 3. The number of methoxy groups -OCH3 is 2. The smallest absolute Gasteiger partial charge is 0.328 e. The van der Waals surface area contributed by atoms with Crippen molar-refractivity contribution in [3.8, 4) is 0 Å². The zero-order chi connectivity index (χ0) is 21.7. The molecule has 2 amide bonds. The number of nitrogens with one attached hydrogen (secondary N) is 2. The number of ether oxygens (including phenoxy) is 2. The van der Waals surface area contributed by atoms with Crippen LogP contribution >= 0.6 is 11.6 Å². The molecular weight excluding hydrogens is 412 g/mol. The number of imidazole rings is 1. The molecule has 0 saturated carbocycles. The molecule has 2 aromatic rings. The first-order valence-corrected chi connectivity index (χ1v) is 9.81. The van der Waals surface area contributed by atoms with Crippen LogP contribution in [0.3, 0.4) is 0 Å². The van der Waals surface area contributed by atoms with Crippen molar-refractivity contribution in [1.82, 2.24) is 20.2 Å². The number of aromatic amines is 1. The average Bonchev–Trinajstić information content (AvgIpc) is 3.23. The van der Waals surface area contributed by atoms with Crippen LogP contribution in [-0.4, -0.2) is 59.6 Å². The van der Waals surface area contributed by atoms with E-state index in [1.54, 1.807) is 23.4 Å². The molecule has 0 saturated heterocycles. The van der Waals surface area contributed by atoms with Crippen molar-refractivity contribution in [2.45, 2.75) is 31.3 Å². The van der Waals surface area contributed by atoms with Crippen LogP contribution in [0, 0.1) is 0 Å². The van der Waals surface area contributed by atoms with Crippen LogP contribution in [-0.2, 0) is 25.5 Å². The Morgan fingerprint density at radius 2 is 2.13 bits per heavy atom. The lowest BCUT2D eigenvalue weighted by Gasteiger charge is -2.36. The van der Waals surface area contributed by atoms with Crippen molar-refractivity contribution < 1.29 is 23.9 Å². The van der Waals surface area contributed by atoms with Crippen LogP contribution in [0.4, 0.5) is 4.79 Å². The number of hydrogen-bond donors (Lipinski definition) is 2. The van der Waals surface area contributed by atoms with Gasteiger partial charge in [0.2, 0.25) is 0 Å². The van der Waals surface area contributed by atoms with E-state index in [9.17, 15) is 14.4 Å². The van der Waals surface area contributed by atoms with E-state index in [2.05, 4.69) is 20.0 Å². The number of rotatable bonds is 6. The third-order valence-corrected chi connectivity index (χ3v) is 5.23. The maximum absolute atomic E-state index is 13.2. The molecule has 30 heavy (non-hydrogen) atoms. The Hall–Kier alpha value is -3.07. The summed E-state index contributed by atoms with van der Waals surface area (Å²) in [4.78, 5) is 45.9. The molecule has 10 heteroatoms. The van der Waals surface area contributed by atoms with E-state index in [1.165, 1.54) is 14.2 Å². The Balaban J connectivity index is 1.85. The van der Waals surface area contributed by atoms with Gasteiger partial charge in [0.1, 0.15) is 12.1 Å². The Labute approximate surface area is 178 Å². The number of nitrogens with zero attached hydrogens (tertiary/aromatic N) is 2. The molecule has 3 rings (SSSR count). The Bertz CT molecular complexity index is 931. The summed E-state index contributed by atoms with van der Waals surface area (Å²) in [6.45, 7) is 0.406. The van der Waals surface area contributed by atoms with Gasteiger partial charge in [0.05, 0.1) is 26.2 Å². The molecule has 160 valence electrons. The third kappa shape index (κ3) is 4.73. The summed E-state index contributed by atoms with van der Waals surface area (Å²) in [5.41, 5.74) is 2.47. The predicted molar refractivity (Wildman–Crippen MR) is 108 cm³/mol. The van der Waals surface area contributed by atoms with Crippen LogP contribution in [0.25, 0.3) is 0 Å². The van der Waals surface area contributed by atoms with E-state index in [-0.39, 0.29) is 12.8 Å². The van der Waals surface area contributed by atoms with E-state index >= 15 is 0 Å². The molecule has 0 radical (unpaired) electrons. The standard InChI is InChI=1S/C20H23ClN4O5/c1-29-16(26)7-6-15(19(27)30-2)24-20(28)25-9-8-14-17(23-11-22-14)18(25)12-4-3-5-13(21)10-12/h3-5,10-11,15,18H,6-9H2,1-2H3,(H,22,23)(H,24,28)/t15-,18?/m0/s1. The van der Waals surface area contributed by atoms with Gasteiger partial charge in [-0.1, -0.05) is 23.7 Å². The number of benzene rings is 1. The monoisotopic (exact) mass is 434 g/mol. The molecule has 0 bridgehead atoms. The SMILES string of the molecule is COC(=O)CC[C@H](NC(=O)N1CCc2[nH]cnc2C1c1cccc(Cl)c1)C(=O)OC. The number of amides is 2. The molecule has 2 N–H and O–H groups in total. The third-order valence-electron chi connectivity index (χ3n) is 5.00. The minimum atomic E-state index is -0.984. The minimum Gasteiger partial charge on any atom is -0.469 e. The first kappa shape index (κ1) is 21.6. The Kier molecular flexibility index (Phi) is 6.94. The van der Waals surface area contributed by atoms with E-state index in [0.717, 1.165) is 17.0 Å². The van der Waals surface area contributed by atoms with Gasteiger partial charge in [-0.3, -0.25) is 4.79 Å². The molecule has 1 aliphatic rings. The highest BCUT2D eigenvalue weighted by atomic mass is 35.5. The van der Waals surface area contributed by atoms with Gasteiger partial charge in [-0.05, 0) is 24.1 Å². The molecule has 0 aliphatic carbocycles. The second-order valence-electron chi connectivity index (χ2n) is 6.81. The van der Waals surface area contributed by atoms with E-state index in [0.29, 0.717) is 18.0 Å². The Morgan fingerprint density at radius 3 is 2.83 bits per heavy atom. The van der Waals surface area contributed by atoms with Crippen molar-refractivity contribution in [3.05, 3.63) is 52.6 Å². The summed E-state index contributed by atoms with van der Waals surface area (Å²) in [5.74, 6) is -1.11. The van der Waals surface area contributed by atoms with Crippen LogP contribution in [0.2, 0.25) is 5.02 Å². The van der Waals surface area contributed by atoms with Crippen LogP contribution < -0.4 is 5.32 Å². The van der Waals surface area contributed by atoms with Crippen LogP contribution in [0.5, 0.6) is 0 Å². The summed E-state index contributed by atoms with van der Waals surface area (Å²) in [6, 6.07) is 5.29. The highest BCUT2D eigenvalue weighted by Gasteiger charge is 2.36. The zero-order valence-electron chi connectivity index (χ0n) is 16.7.